The lowest BCUT2D eigenvalue weighted by Crippen LogP contribution is -2.51. The number of alkyl halides is 1. The van der Waals surface area contributed by atoms with Crippen molar-refractivity contribution in [1.82, 2.24) is 45.8 Å². The Morgan fingerprint density at radius 1 is 0.434 bits per heavy atom. The van der Waals surface area contributed by atoms with Crippen molar-refractivity contribution in [3.8, 4) is 33.4 Å². The number of aryl methyl sites for hydroxylation is 2. The van der Waals surface area contributed by atoms with Crippen molar-refractivity contribution in [2.75, 3.05) is 138 Å². The lowest BCUT2D eigenvalue weighted by atomic mass is 10.0. The van der Waals surface area contributed by atoms with E-state index in [1.54, 1.807) is 56.0 Å². The van der Waals surface area contributed by atoms with Crippen LogP contribution in [0.4, 0.5) is 54.2 Å². The van der Waals surface area contributed by atoms with Crippen LogP contribution in [0.5, 0.6) is 0 Å². The smallest absolute Gasteiger partial charge is 0.414 e. The lowest BCUT2D eigenvalue weighted by Gasteiger charge is -2.35. The zero-order valence-corrected chi connectivity index (χ0v) is 73.0. The fourth-order valence-electron chi connectivity index (χ4n) is 13.7. The summed E-state index contributed by atoms with van der Waals surface area (Å²) >= 11 is 3.14. The van der Waals surface area contributed by atoms with E-state index in [1.165, 1.54) is 53.7 Å². The maximum atomic E-state index is 15.1. The zero-order chi connectivity index (χ0) is 89.0. The summed E-state index contributed by atoms with van der Waals surface area (Å²) in [5.74, 6) is -1.61. The van der Waals surface area contributed by atoms with Gasteiger partial charge in [-0.25, -0.2) is 37.1 Å². The number of nitrogens with two attached hydrogens (primary N) is 1. The van der Waals surface area contributed by atoms with Crippen molar-refractivity contribution in [3.63, 3.8) is 0 Å². The number of piperazine rings is 3. The van der Waals surface area contributed by atoms with Crippen LogP contribution in [0.15, 0.2) is 127 Å². The Balaban J connectivity index is 0.000000209. The van der Waals surface area contributed by atoms with Crippen LogP contribution in [0.25, 0.3) is 33.4 Å². The number of cyclic esters (lactones) is 3. The number of nitrogens with one attached hydrogen (secondary N) is 4. The topological polar surface area (TPSA) is 334 Å². The summed E-state index contributed by atoms with van der Waals surface area (Å²) in [5.41, 5.74) is 12.4. The first-order valence-corrected chi connectivity index (χ1v) is 42.3. The minimum absolute atomic E-state index is 0.0637. The molecule has 122 heavy (non-hydrogen) atoms. The molecule has 6 saturated heterocycles. The van der Waals surface area contributed by atoms with Crippen LogP contribution in [-0.4, -0.2) is 243 Å². The Morgan fingerprint density at radius 3 is 1.00 bits per heavy atom. The summed E-state index contributed by atoms with van der Waals surface area (Å²) in [7, 11) is 0. The number of carbonyl (C=O) groups excluding carboxylic acids is 11. The number of carbonyl (C=O) groups is 11. The quantitative estimate of drug-likeness (QED) is 0.0311. The Morgan fingerprint density at radius 2 is 0.721 bits per heavy atom. The SMILES string of the molecule is CC.CC(=O)NC[C@H]1CN(c2ccc(-c3ccc(CCCC(=O)N4CCN(C(=O)OC(C)(C)C)CC4)cc3)c(F)c2)C(=O)O1.CC(=O)NC[C@H]1CN(c2ccc(-c3ccc(CCCC(=O)N4CCNCC4)cc3)c(F)c2)C(=O)O1.CC(=O)NC[C@H]1CN(c2ccc(-c3ccc(CN)cc3)c(F)c2)C(=O)O1.CC(C)(C)OC(=O)N1CCN(C(=O)CBr)CC1. The highest BCUT2D eigenvalue weighted by molar-refractivity contribution is 9.09. The molecule has 6 aromatic carbocycles. The number of halogens is 4. The Hall–Kier alpha value is -11.3. The second-order valence-electron chi connectivity index (χ2n) is 31.6. The molecule has 0 aromatic heterocycles. The number of amides is 11. The van der Waals surface area contributed by atoms with Crippen LogP contribution >= 0.6 is 15.9 Å². The van der Waals surface area contributed by atoms with Gasteiger partial charge in [-0.1, -0.05) is 103 Å². The van der Waals surface area contributed by atoms with Gasteiger partial charge in [-0.05, 0) is 155 Å². The summed E-state index contributed by atoms with van der Waals surface area (Å²) in [6.45, 7) is 28.4. The van der Waals surface area contributed by atoms with E-state index in [-0.39, 0.29) is 86.9 Å². The largest absolute Gasteiger partial charge is 0.444 e. The molecule has 6 aliphatic rings. The predicted molar refractivity (Wildman–Crippen MR) is 462 cm³/mol. The van der Waals surface area contributed by atoms with Gasteiger partial charge in [0.15, 0.2) is 0 Å². The van der Waals surface area contributed by atoms with Gasteiger partial charge in [0.05, 0.1) is 61.7 Å². The molecule has 6 aliphatic heterocycles. The molecule has 3 atom stereocenters. The van der Waals surface area contributed by atoms with Crippen molar-refractivity contribution in [2.45, 2.75) is 151 Å². The molecule has 6 aromatic rings. The number of benzene rings is 6. The van der Waals surface area contributed by atoms with E-state index >= 15 is 4.39 Å². The highest BCUT2D eigenvalue weighted by atomic mass is 79.9. The zero-order valence-electron chi connectivity index (χ0n) is 71.4. The van der Waals surface area contributed by atoms with Crippen molar-refractivity contribution < 1.29 is 89.6 Å². The molecule has 0 bridgehead atoms. The normalized spacial score (nSPS) is 17.0. The Bertz CT molecular complexity index is 4570. The molecule has 33 heteroatoms. The van der Waals surface area contributed by atoms with E-state index in [4.69, 9.17) is 29.4 Å². The average Bonchev–Trinajstić information content (AvgIpc) is 1.64. The van der Waals surface area contributed by atoms with Gasteiger partial charge in [0, 0.05) is 135 Å². The predicted octanol–water partition coefficient (Wildman–Crippen LogP) is 12.0. The van der Waals surface area contributed by atoms with Crippen LogP contribution in [-0.2, 0) is 71.8 Å². The molecule has 0 radical (unpaired) electrons. The summed E-state index contributed by atoms with van der Waals surface area (Å²) in [6.07, 6.45) is 0.114. The number of anilines is 3. The van der Waals surface area contributed by atoms with Gasteiger partial charge in [-0.15, -0.1) is 0 Å². The van der Waals surface area contributed by atoms with E-state index in [1.807, 2.05) is 133 Å². The van der Waals surface area contributed by atoms with Crippen LogP contribution in [0.1, 0.15) is 119 Å². The molecular weight excluding hydrogens is 1640 g/mol. The van der Waals surface area contributed by atoms with Gasteiger partial charge >= 0.3 is 30.5 Å². The number of hydrogen-bond donors (Lipinski definition) is 5. The highest BCUT2D eigenvalue weighted by Gasteiger charge is 2.37. The van der Waals surface area contributed by atoms with E-state index in [9.17, 15) is 61.5 Å². The molecule has 6 N–H and O–H groups in total. The summed E-state index contributed by atoms with van der Waals surface area (Å²) < 4.78 is 71.0. The van der Waals surface area contributed by atoms with Crippen LogP contribution in [0.2, 0.25) is 0 Å². The van der Waals surface area contributed by atoms with Gasteiger partial charge in [-0.2, -0.15) is 0 Å². The van der Waals surface area contributed by atoms with Crippen LogP contribution in [0, 0.1) is 17.5 Å². The highest BCUT2D eigenvalue weighted by Crippen LogP contribution is 2.34. The summed E-state index contributed by atoms with van der Waals surface area (Å²) in [6, 6.07) is 36.5. The maximum Gasteiger partial charge on any atom is 0.414 e. The Kier molecular flexibility index (Phi) is 36.3. The summed E-state index contributed by atoms with van der Waals surface area (Å²) in [4.78, 5) is 143. The number of nitrogens with zero attached hydrogens (tertiary/aromatic N) is 8. The number of ether oxygens (including phenoxy) is 5. The third-order valence-corrected chi connectivity index (χ3v) is 20.5. The molecule has 11 amide bonds. The van der Waals surface area contributed by atoms with Crippen molar-refractivity contribution in [3.05, 3.63) is 162 Å². The first kappa shape index (κ1) is 96.1. The van der Waals surface area contributed by atoms with Crippen molar-refractivity contribution >= 4 is 98.9 Å². The standard InChI is InChI=1S/C31H39FN4O6.C26H31FN4O4.C19H20FN3O3.C11H19BrN2O3.C2H6/c1-21(37)33-19-25-20-36(30(40)41-25)24-12-13-26(27(32)18-24)23-10-8-22(9-11-23)6-5-7-28(38)34-14-16-35(17-15-34)29(39)42-31(2,3)4;1-18(32)29-16-22-17-31(26(34)35-22)21-9-10-23(24(27)15-21)20-7-5-19(6-8-20)3-2-4-25(33)30-13-11-28-12-14-30;1-12(24)22-10-16-11-23(19(25)26-16)15-6-7-17(18(20)8-15)14-4-2-13(9-21)3-5-14;1-11(2,3)17-10(16)14-6-4-13(5-7-14)9(15)8-12;1-2/h8-13,18,25H,5-7,14-17,19-20H2,1-4H3,(H,33,37);5-10,15,22,28H,2-4,11-14,16-17H2,1H3,(H,29,32);2-8,16H,9-11,21H2,1H3,(H,22,24);4-8H2,1-3H3;1-2H3/t25-;22-;16-;;/m000../s1. The molecule has 0 unspecified atom stereocenters. The van der Waals surface area contributed by atoms with Gasteiger partial charge in [0.1, 0.15) is 47.0 Å². The molecular formula is C89H115BrF3N13O16. The molecule has 12 rings (SSSR count). The molecule has 6 heterocycles. The van der Waals surface area contributed by atoms with Gasteiger partial charge in [0.2, 0.25) is 35.4 Å². The monoisotopic (exact) mass is 1760 g/mol. The first-order valence-electron chi connectivity index (χ1n) is 41.2. The third-order valence-electron chi connectivity index (χ3n) is 20.0. The Labute approximate surface area is 719 Å². The second-order valence-corrected chi connectivity index (χ2v) is 32.2. The molecule has 6 fully saturated rings. The average molecular weight is 1760 g/mol. The van der Waals surface area contributed by atoms with Crippen LogP contribution in [0.3, 0.4) is 0 Å². The molecule has 0 saturated carbocycles. The number of hydrogen-bond acceptors (Lipinski definition) is 18. The van der Waals surface area contributed by atoms with Crippen LogP contribution < -0.4 is 41.7 Å². The van der Waals surface area contributed by atoms with Gasteiger partial charge < -0.3 is 75.2 Å². The molecule has 0 spiro atoms. The van der Waals surface area contributed by atoms with E-state index < -0.39 is 65.2 Å². The van der Waals surface area contributed by atoms with E-state index in [0.717, 1.165) is 66.8 Å². The minimum atomic E-state index is -0.580. The van der Waals surface area contributed by atoms with E-state index in [2.05, 4.69) is 37.2 Å². The summed E-state index contributed by atoms with van der Waals surface area (Å²) in [5, 5.41) is 11.4. The third kappa shape index (κ3) is 29.5. The molecule has 29 nitrogen and oxygen atoms in total. The molecule has 660 valence electrons. The van der Waals surface area contributed by atoms with Crippen molar-refractivity contribution in [1.29, 1.82) is 0 Å². The number of rotatable bonds is 22. The second kappa shape index (κ2) is 46.1. The fraction of sp³-hybridized carbons (Fsp3) is 0.472. The van der Waals surface area contributed by atoms with Gasteiger partial charge in [0.25, 0.3) is 0 Å². The molecule has 0 aliphatic carbocycles. The fourth-order valence-corrected chi connectivity index (χ4v) is 14.0. The maximum absolute atomic E-state index is 15.1. The van der Waals surface area contributed by atoms with E-state index in [0.29, 0.717) is 129 Å². The first-order chi connectivity index (χ1) is 58.1. The van der Waals surface area contributed by atoms with Gasteiger partial charge in [-0.3, -0.25) is 43.5 Å². The lowest BCUT2D eigenvalue weighted by molar-refractivity contribution is -0.133. The minimum Gasteiger partial charge on any atom is -0.444 e. The van der Waals surface area contributed by atoms with Crippen molar-refractivity contribution in [2.24, 2.45) is 5.73 Å².